The average Bonchev–Trinajstić information content (AvgIpc) is 2.86. The molecule has 2 aromatic rings. The molecule has 6 nitrogen and oxygen atoms in total. The lowest BCUT2D eigenvalue weighted by Gasteiger charge is -2.28. The molecule has 0 radical (unpaired) electrons. The number of urea groups is 1. The zero-order chi connectivity index (χ0) is 17.7. The van der Waals surface area contributed by atoms with Crippen LogP contribution in [-0.2, 0) is 0 Å². The van der Waals surface area contributed by atoms with Gasteiger partial charge in [-0.05, 0) is 45.4 Å². The number of rotatable bonds is 6. The third-order valence-corrected chi connectivity index (χ3v) is 3.96. The van der Waals surface area contributed by atoms with Crippen LogP contribution in [0.15, 0.2) is 30.3 Å². The topological polar surface area (TPSA) is 79.2 Å². The Morgan fingerprint density at radius 1 is 1.33 bits per heavy atom. The highest BCUT2D eigenvalue weighted by molar-refractivity contribution is 5.92. The van der Waals surface area contributed by atoms with Crippen molar-refractivity contribution in [3.05, 3.63) is 41.7 Å². The number of hydrogen-bond acceptors (Lipinski definition) is 3. The van der Waals surface area contributed by atoms with Crippen LogP contribution in [0.3, 0.4) is 0 Å². The molecule has 130 valence electrons. The van der Waals surface area contributed by atoms with E-state index in [9.17, 15) is 9.90 Å². The fraction of sp³-hybridized carbons (Fsp3) is 0.444. The molecule has 0 spiro atoms. The maximum Gasteiger partial charge on any atom is 0.319 e. The molecule has 1 aromatic heterocycles. The van der Waals surface area contributed by atoms with E-state index >= 15 is 0 Å². The van der Waals surface area contributed by atoms with Crippen molar-refractivity contribution in [2.45, 2.75) is 46.1 Å². The van der Waals surface area contributed by atoms with Crippen LogP contribution in [0.4, 0.5) is 10.5 Å². The highest BCUT2D eigenvalue weighted by Gasteiger charge is 2.24. The Labute approximate surface area is 142 Å². The SMILES string of the molecule is CCCC(C)(CO)NC(=O)Nc1ccccc1-n1nc(C)cc1C. The van der Waals surface area contributed by atoms with E-state index in [1.54, 1.807) is 0 Å². The van der Waals surface area contributed by atoms with Gasteiger partial charge in [0.2, 0.25) is 0 Å². The van der Waals surface area contributed by atoms with Gasteiger partial charge in [0.05, 0.1) is 29.2 Å². The maximum absolute atomic E-state index is 12.4. The number of amides is 2. The summed E-state index contributed by atoms with van der Waals surface area (Å²) in [6.45, 7) is 7.66. The molecule has 0 saturated carbocycles. The van der Waals surface area contributed by atoms with Crippen LogP contribution in [0, 0.1) is 13.8 Å². The summed E-state index contributed by atoms with van der Waals surface area (Å²) >= 11 is 0. The molecule has 1 heterocycles. The number of nitrogens with one attached hydrogen (secondary N) is 2. The summed E-state index contributed by atoms with van der Waals surface area (Å²) in [6.07, 6.45) is 1.58. The van der Waals surface area contributed by atoms with Crippen molar-refractivity contribution in [1.29, 1.82) is 0 Å². The quantitative estimate of drug-likeness (QED) is 0.761. The lowest BCUT2D eigenvalue weighted by Crippen LogP contribution is -2.50. The van der Waals surface area contributed by atoms with Crippen molar-refractivity contribution in [2.24, 2.45) is 0 Å². The first kappa shape index (κ1) is 18.0. The minimum Gasteiger partial charge on any atom is -0.394 e. The lowest BCUT2D eigenvalue weighted by molar-refractivity contribution is 0.167. The number of nitrogens with zero attached hydrogens (tertiary/aromatic N) is 2. The van der Waals surface area contributed by atoms with E-state index in [2.05, 4.69) is 15.7 Å². The number of benzene rings is 1. The van der Waals surface area contributed by atoms with E-state index in [1.165, 1.54) is 0 Å². The van der Waals surface area contributed by atoms with Gasteiger partial charge in [-0.2, -0.15) is 5.10 Å². The predicted molar refractivity (Wildman–Crippen MR) is 95.6 cm³/mol. The molecule has 2 amide bonds. The number of aliphatic hydroxyl groups excluding tert-OH is 1. The molecular weight excluding hydrogens is 304 g/mol. The molecule has 1 aromatic carbocycles. The normalized spacial score (nSPS) is 13.4. The van der Waals surface area contributed by atoms with Gasteiger partial charge in [0, 0.05) is 5.69 Å². The third kappa shape index (κ3) is 4.14. The molecule has 2 rings (SSSR count). The molecule has 1 unspecified atom stereocenters. The highest BCUT2D eigenvalue weighted by atomic mass is 16.3. The van der Waals surface area contributed by atoms with Crippen molar-refractivity contribution in [1.82, 2.24) is 15.1 Å². The molecule has 0 aliphatic carbocycles. The largest absolute Gasteiger partial charge is 0.394 e. The van der Waals surface area contributed by atoms with Gasteiger partial charge in [0.25, 0.3) is 0 Å². The van der Waals surface area contributed by atoms with E-state index in [4.69, 9.17) is 0 Å². The van der Waals surface area contributed by atoms with Crippen LogP contribution in [0.2, 0.25) is 0 Å². The fourth-order valence-corrected chi connectivity index (χ4v) is 2.80. The van der Waals surface area contributed by atoms with Gasteiger partial charge in [-0.15, -0.1) is 0 Å². The Kier molecular flexibility index (Phi) is 5.62. The van der Waals surface area contributed by atoms with Crippen LogP contribution in [0.25, 0.3) is 5.69 Å². The Morgan fingerprint density at radius 3 is 2.62 bits per heavy atom. The van der Waals surface area contributed by atoms with E-state index < -0.39 is 5.54 Å². The Morgan fingerprint density at radius 2 is 2.04 bits per heavy atom. The summed E-state index contributed by atoms with van der Waals surface area (Å²) in [5.41, 5.74) is 2.75. The minimum atomic E-state index is -0.633. The molecule has 0 aliphatic heterocycles. The van der Waals surface area contributed by atoms with Crippen molar-refractivity contribution in [3.8, 4) is 5.69 Å². The van der Waals surface area contributed by atoms with Gasteiger partial charge < -0.3 is 15.7 Å². The van der Waals surface area contributed by atoms with Crippen LogP contribution in [-0.4, -0.2) is 33.1 Å². The summed E-state index contributed by atoms with van der Waals surface area (Å²) in [6, 6.07) is 9.16. The van der Waals surface area contributed by atoms with Gasteiger partial charge in [0.15, 0.2) is 0 Å². The first-order valence-corrected chi connectivity index (χ1v) is 8.21. The van der Waals surface area contributed by atoms with Crippen LogP contribution < -0.4 is 10.6 Å². The number of aryl methyl sites for hydroxylation is 2. The highest BCUT2D eigenvalue weighted by Crippen LogP contribution is 2.22. The second-order valence-corrected chi connectivity index (χ2v) is 6.40. The van der Waals surface area contributed by atoms with Gasteiger partial charge in [-0.25, -0.2) is 9.48 Å². The van der Waals surface area contributed by atoms with E-state index in [1.807, 2.05) is 62.7 Å². The summed E-state index contributed by atoms with van der Waals surface area (Å²) in [7, 11) is 0. The molecule has 0 saturated heterocycles. The van der Waals surface area contributed by atoms with Gasteiger partial charge in [0.1, 0.15) is 0 Å². The van der Waals surface area contributed by atoms with Crippen LogP contribution >= 0.6 is 0 Å². The molecule has 0 bridgehead atoms. The molecule has 1 atom stereocenters. The van der Waals surface area contributed by atoms with Crippen molar-refractivity contribution in [2.75, 3.05) is 11.9 Å². The molecule has 0 fully saturated rings. The maximum atomic E-state index is 12.4. The van der Waals surface area contributed by atoms with E-state index in [0.717, 1.165) is 23.5 Å². The second kappa shape index (κ2) is 7.49. The second-order valence-electron chi connectivity index (χ2n) is 6.40. The zero-order valence-corrected chi connectivity index (χ0v) is 14.8. The number of carbonyl (C=O) groups is 1. The predicted octanol–water partition coefficient (Wildman–Crippen LogP) is 3.16. The monoisotopic (exact) mass is 330 g/mol. The Bertz CT molecular complexity index is 711. The number of anilines is 1. The zero-order valence-electron chi connectivity index (χ0n) is 14.8. The number of para-hydroxylation sites is 2. The van der Waals surface area contributed by atoms with Gasteiger partial charge in [-0.1, -0.05) is 25.5 Å². The fourth-order valence-electron chi connectivity index (χ4n) is 2.80. The average molecular weight is 330 g/mol. The summed E-state index contributed by atoms with van der Waals surface area (Å²) in [4.78, 5) is 12.4. The first-order valence-electron chi connectivity index (χ1n) is 8.21. The Hall–Kier alpha value is -2.34. The van der Waals surface area contributed by atoms with Crippen molar-refractivity contribution < 1.29 is 9.90 Å². The number of aromatic nitrogens is 2. The molecule has 0 aliphatic rings. The smallest absolute Gasteiger partial charge is 0.319 e. The van der Waals surface area contributed by atoms with Crippen molar-refractivity contribution >= 4 is 11.7 Å². The minimum absolute atomic E-state index is 0.104. The van der Waals surface area contributed by atoms with Gasteiger partial charge >= 0.3 is 6.03 Å². The van der Waals surface area contributed by atoms with Gasteiger partial charge in [-0.3, -0.25) is 0 Å². The molecule has 6 heteroatoms. The Balaban J connectivity index is 2.22. The number of hydrogen-bond donors (Lipinski definition) is 3. The molecular formula is C18H26N4O2. The third-order valence-electron chi connectivity index (χ3n) is 3.96. The molecule has 3 N–H and O–H groups in total. The lowest BCUT2D eigenvalue weighted by atomic mass is 9.98. The summed E-state index contributed by atoms with van der Waals surface area (Å²) in [5, 5.41) is 19.8. The molecule has 24 heavy (non-hydrogen) atoms. The first-order chi connectivity index (χ1) is 11.4. The summed E-state index contributed by atoms with van der Waals surface area (Å²) < 4.78 is 1.81. The number of carbonyl (C=O) groups excluding carboxylic acids is 1. The summed E-state index contributed by atoms with van der Waals surface area (Å²) in [5.74, 6) is 0. The van der Waals surface area contributed by atoms with Crippen molar-refractivity contribution in [3.63, 3.8) is 0 Å². The standard InChI is InChI=1S/C18H26N4O2/c1-5-10-18(4,12-23)20-17(24)19-15-8-6-7-9-16(15)22-14(3)11-13(2)21-22/h6-9,11,23H,5,10,12H2,1-4H3,(H2,19,20,24). The number of aliphatic hydroxyl groups is 1. The van der Waals surface area contributed by atoms with E-state index in [-0.39, 0.29) is 12.6 Å². The van der Waals surface area contributed by atoms with E-state index in [0.29, 0.717) is 12.1 Å². The van der Waals surface area contributed by atoms with Crippen LogP contribution in [0.5, 0.6) is 0 Å². The van der Waals surface area contributed by atoms with Crippen LogP contribution in [0.1, 0.15) is 38.1 Å².